The first-order chi connectivity index (χ1) is 9.23. The van der Waals surface area contributed by atoms with Crippen LogP contribution in [-0.2, 0) is 5.54 Å². The van der Waals surface area contributed by atoms with Gasteiger partial charge in [-0.15, -0.1) is 0 Å². The lowest BCUT2D eigenvalue weighted by Crippen LogP contribution is -2.26. The maximum Gasteiger partial charge on any atom is 0.132 e. The summed E-state index contributed by atoms with van der Waals surface area (Å²) < 4.78 is 2.17. The molecule has 0 aliphatic heterocycles. The molecular formula is C17H25N3. The van der Waals surface area contributed by atoms with Crippen LogP contribution in [0.4, 0.5) is 5.82 Å². The molecule has 20 heavy (non-hydrogen) atoms. The fourth-order valence-electron chi connectivity index (χ4n) is 2.58. The van der Waals surface area contributed by atoms with Crippen molar-refractivity contribution in [3.05, 3.63) is 35.7 Å². The molecule has 2 rings (SSSR count). The van der Waals surface area contributed by atoms with E-state index in [0.717, 1.165) is 22.9 Å². The number of aromatic nitrogens is 2. The topological polar surface area (TPSA) is 43.8 Å². The molecule has 0 unspecified atom stereocenters. The summed E-state index contributed by atoms with van der Waals surface area (Å²) in [5.74, 6) is 2.15. The van der Waals surface area contributed by atoms with Gasteiger partial charge in [0.2, 0.25) is 0 Å². The normalized spacial score (nSPS) is 12.2. The van der Waals surface area contributed by atoms with E-state index in [-0.39, 0.29) is 5.54 Å². The van der Waals surface area contributed by atoms with Crippen molar-refractivity contribution in [2.24, 2.45) is 0 Å². The van der Waals surface area contributed by atoms with Crippen LogP contribution in [-0.4, -0.2) is 9.55 Å². The fraction of sp³-hybridized carbons (Fsp3) is 0.471. The number of benzene rings is 1. The van der Waals surface area contributed by atoms with Crippen LogP contribution in [0.1, 0.15) is 51.9 Å². The smallest absolute Gasteiger partial charge is 0.132 e. The van der Waals surface area contributed by atoms with E-state index >= 15 is 0 Å². The zero-order valence-electron chi connectivity index (χ0n) is 13.4. The number of anilines is 1. The van der Waals surface area contributed by atoms with Gasteiger partial charge in [0.05, 0.1) is 0 Å². The van der Waals surface area contributed by atoms with Gasteiger partial charge in [-0.2, -0.15) is 0 Å². The predicted octanol–water partition coefficient (Wildman–Crippen LogP) is 4.32. The number of imidazole rings is 1. The van der Waals surface area contributed by atoms with Crippen molar-refractivity contribution in [3.63, 3.8) is 0 Å². The van der Waals surface area contributed by atoms with Crippen molar-refractivity contribution in [3.8, 4) is 11.3 Å². The molecule has 1 aromatic carbocycles. The largest absolute Gasteiger partial charge is 0.383 e. The van der Waals surface area contributed by atoms with Gasteiger partial charge < -0.3 is 10.3 Å². The van der Waals surface area contributed by atoms with Gasteiger partial charge in [-0.1, -0.05) is 38.1 Å². The highest BCUT2D eigenvalue weighted by Crippen LogP contribution is 2.35. The first-order valence-corrected chi connectivity index (χ1v) is 7.18. The molecule has 0 spiro atoms. The average molecular weight is 271 g/mol. The minimum Gasteiger partial charge on any atom is -0.383 e. The Hall–Kier alpha value is -1.77. The lowest BCUT2D eigenvalue weighted by molar-refractivity contribution is 0.382. The van der Waals surface area contributed by atoms with E-state index < -0.39 is 0 Å². The summed E-state index contributed by atoms with van der Waals surface area (Å²) in [4.78, 5) is 4.84. The van der Waals surface area contributed by atoms with Crippen molar-refractivity contribution in [1.29, 1.82) is 0 Å². The summed E-state index contributed by atoms with van der Waals surface area (Å²) in [6.07, 6.45) is 0. The van der Waals surface area contributed by atoms with Gasteiger partial charge in [0.1, 0.15) is 17.3 Å². The highest BCUT2D eigenvalue weighted by atomic mass is 15.2. The van der Waals surface area contributed by atoms with E-state index in [9.17, 15) is 0 Å². The van der Waals surface area contributed by atoms with E-state index in [1.165, 1.54) is 5.56 Å². The highest BCUT2D eigenvalue weighted by Gasteiger charge is 2.26. The minimum atomic E-state index is -0.0718. The first-order valence-electron chi connectivity index (χ1n) is 7.18. The Morgan fingerprint density at radius 1 is 1.15 bits per heavy atom. The monoisotopic (exact) mass is 271 g/mol. The van der Waals surface area contributed by atoms with Gasteiger partial charge >= 0.3 is 0 Å². The van der Waals surface area contributed by atoms with Gasteiger partial charge in [-0.25, -0.2) is 4.98 Å². The maximum absolute atomic E-state index is 6.43. The second kappa shape index (κ2) is 4.97. The van der Waals surface area contributed by atoms with Crippen LogP contribution < -0.4 is 5.73 Å². The SMILES string of the molecule is Cc1ccccc1-c1nc(C(C)C)n(C(C)(C)C)c1N. The Bertz CT molecular complexity index is 616. The van der Waals surface area contributed by atoms with Gasteiger partial charge in [-0.05, 0) is 33.3 Å². The summed E-state index contributed by atoms with van der Waals surface area (Å²) in [5.41, 5.74) is 9.58. The van der Waals surface area contributed by atoms with Crippen LogP contribution in [0.3, 0.4) is 0 Å². The molecule has 1 aromatic heterocycles. The third-order valence-electron chi connectivity index (χ3n) is 3.53. The van der Waals surface area contributed by atoms with Gasteiger partial charge in [0.15, 0.2) is 0 Å². The Balaban J connectivity index is 2.72. The molecule has 3 heteroatoms. The molecule has 0 saturated heterocycles. The zero-order valence-corrected chi connectivity index (χ0v) is 13.4. The molecule has 0 fully saturated rings. The van der Waals surface area contributed by atoms with Crippen LogP contribution in [0.5, 0.6) is 0 Å². The fourth-order valence-corrected chi connectivity index (χ4v) is 2.58. The highest BCUT2D eigenvalue weighted by molar-refractivity contribution is 5.74. The summed E-state index contributed by atoms with van der Waals surface area (Å²) >= 11 is 0. The molecule has 0 saturated carbocycles. The van der Waals surface area contributed by atoms with Gasteiger partial charge in [-0.3, -0.25) is 0 Å². The van der Waals surface area contributed by atoms with E-state index in [1.54, 1.807) is 0 Å². The van der Waals surface area contributed by atoms with E-state index in [0.29, 0.717) is 5.92 Å². The number of nitrogen functional groups attached to an aromatic ring is 1. The number of hydrogen-bond acceptors (Lipinski definition) is 2. The van der Waals surface area contributed by atoms with Crippen LogP contribution in [0, 0.1) is 6.92 Å². The Labute approximate surface area is 121 Å². The maximum atomic E-state index is 6.43. The number of rotatable bonds is 2. The van der Waals surface area contributed by atoms with Crippen molar-refractivity contribution in [2.45, 2.75) is 53.0 Å². The second-order valence-electron chi connectivity index (χ2n) is 6.68. The minimum absolute atomic E-state index is 0.0718. The quantitative estimate of drug-likeness (QED) is 0.884. The molecule has 0 radical (unpaired) electrons. The van der Waals surface area contributed by atoms with E-state index in [1.807, 2.05) is 12.1 Å². The lowest BCUT2D eigenvalue weighted by atomic mass is 10.0. The number of nitrogens with zero attached hydrogens (tertiary/aromatic N) is 2. The molecule has 2 N–H and O–H groups in total. The summed E-state index contributed by atoms with van der Waals surface area (Å²) in [7, 11) is 0. The molecule has 0 atom stereocenters. The van der Waals surface area contributed by atoms with Gasteiger partial charge in [0.25, 0.3) is 0 Å². The van der Waals surface area contributed by atoms with Crippen molar-refractivity contribution >= 4 is 5.82 Å². The van der Waals surface area contributed by atoms with Crippen LogP contribution in [0.2, 0.25) is 0 Å². The second-order valence-corrected chi connectivity index (χ2v) is 6.68. The molecule has 1 heterocycles. The van der Waals surface area contributed by atoms with Crippen LogP contribution in [0.25, 0.3) is 11.3 Å². The third kappa shape index (κ3) is 2.45. The standard InChI is InChI=1S/C17H25N3/c1-11(2)16-19-14(13-10-8-7-9-12(13)3)15(18)20(16)17(4,5)6/h7-11H,18H2,1-6H3. The van der Waals surface area contributed by atoms with E-state index in [4.69, 9.17) is 10.7 Å². The molecule has 0 amide bonds. The molecule has 0 bridgehead atoms. The summed E-state index contributed by atoms with van der Waals surface area (Å²) in [6.45, 7) is 12.9. The van der Waals surface area contributed by atoms with E-state index in [2.05, 4.69) is 58.2 Å². The predicted molar refractivity (Wildman–Crippen MR) is 85.9 cm³/mol. The Kier molecular flexibility index (Phi) is 3.63. The number of hydrogen-bond donors (Lipinski definition) is 1. The number of nitrogens with two attached hydrogens (primary N) is 1. The molecule has 3 nitrogen and oxygen atoms in total. The average Bonchev–Trinajstić information content (AvgIpc) is 2.67. The molecule has 2 aromatic rings. The molecule has 0 aliphatic rings. The molecule has 108 valence electrons. The Morgan fingerprint density at radius 2 is 1.75 bits per heavy atom. The molecular weight excluding hydrogens is 246 g/mol. The lowest BCUT2D eigenvalue weighted by Gasteiger charge is -2.26. The summed E-state index contributed by atoms with van der Waals surface area (Å²) in [5, 5.41) is 0. The number of aryl methyl sites for hydroxylation is 1. The third-order valence-corrected chi connectivity index (χ3v) is 3.53. The van der Waals surface area contributed by atoms with Crippen LogP contribution in [0.15, 0.2) is 24.3 Å². The van der Waals surface area contributed by atoms with Crippen molar-refractivity contribution in [2.75, 3.05) is 5.73 Å². The van der Waals surface area contributed by atoms with Crippen LogP contribution >= 0.6 is 0 Å². The Morgan fingerprint density at radius 3 is 2.20 bits per heavy atom. The van der Waals surface area contributed by atoms with Crippen molar-refractivity contribution in [1.82, 2.24) is 9.55 Å². The summed E-state index contributed by atoms with van der Waals surface area (Å²) in [6, 6.07) is 8.26. The van der Waals surface area contributed by atoms with Crippen molar-refractivity contribution < 1.29 is 0 Å². The zero-order chi connectivity index (χ0) is 15.1. The molecule has 0 aliphatic carbocycles. The first kappa shape index (κ1) is 14.6. The van der Waals surface area contributed by atoms with Gasteiger partial charge in [0, 0.05) is 17.0 Å².